The third kappa shape index (κ3) is 5.29. The first-order valence-corrected chi connectivity index (χ1v) is 7.41. The molecule has 0 aromatic carbocycles. The summed E-state index contributed by atoms with van der Waals surface area (Å²) in [7, 11) is 0. The number of ether oxygens (including phenoxy) is 1. The van der Waals surface area contributed by atoms with Crippen LogP contribution in [0.2, 0.25) is 0 Å². The number of amides is 1. The van der Waals surface area contributed by atoms with Crippen molar-refractivity contribution < 1.29 is 14.3 Å². The lowest BCUT2D eigenvalue weighted by Crippen LogP contribution is -2.40. The summed E-state index contributed by atoms with van der Waals surface area (Å²) in [5, 5.41) is 0.136. The van der Waals surface area contributed by atoms with Crippen molar-refractivity contribution >= 4 is 23.0 Å². The summed E-state index contributed by atoms with van der Waals surface area (Å²) in [4.78, 5) is 24.7. The molecule has 1 amide bonds. The fourth-order valence-corrected chi connectivity index (χ4v) is 2.71. The second kappa shape index (κ2) is 6.45. The maximum atomic E-state index is 12.0. The molecule has 4 nitrogen and oxygen atoms in total. The Hall–Kier alpha value is -0.710. The van der Waals surface area contributed by atoms with Gasteiger partial charge in [-0.3, -0.25) is 4.79 Å². The number of hydrogen-bond donors (Lipinski definition) is 0. The highest BCUT2D eigenvalue weighted by atomic mass is 32.2. The lowest BCUT2D eigenvalue weighted by molar-refractivity contribution is -0.109. The van der Waals surface area contributed by atoms with Crippen LogP contribution in [-0.4, -0.2) is 40.0 Å². The monoisotopic (exact) mass is 273 g/mol. The lowest BCUT2D eigenvalue weighted by atomic mass is 10.2. The molecule has 104 valence electrons. The Morgan fingerprint density at radius 3 is 2.61 bits per heavy atom. The van der Waals surface area contributed by atoms with E-state index in [0.29, 0.717) is 0 Å². The highest BCUT2D eigenvalue weighted by Gasteiger charge is 2.31. The molecule has 0 aromatic rings. The first-order chi connectivity index (χ1) is 8.29. The fourth-order valence-electron chi connectivity index (χ4n) is 2.04. The van der Waals surface area contributed by atoms with E-state index in [0.717, 1.165) is 31.6 Å². The fraction of sp³-hybridized carbons (Fsp3) is 0.846. The van der Waals surface area contributed by atoms with Gasteiger partial charge >= 0.3 is 6.09 Å². The Bertz CT molecular complexity index is 312. The summed E-state index contributed by atoms with van der Waals surface area (Å²) in [6.45, 7) is 7.97. The molecule has 5 heteroatoms. The van der Waals surface area contributed by atoms with E-state index >= 15 is 0 Å². The van der Waals surface area contributed by atoms with E-state index in [9.17, 15) is 9.59 Å². The van der Waals surface area contributed by atoms with Crippen LogP contribution in [0.3, 0.4) is 0 Å². The molecule has 0 saturated carbocycles. The zero-order valence-corrected chi connectivity index (χ0v) is 12.5. The second-order valence-corrected chi connectivity index (χ2v) is 6.87. The lowest BCUT2D eigenvalue weighted by Gasteiger charge is -2.28. The molecule has 18 heavy (non-hydrogen) atoms. The summed E-state index contributed by atoms with van der Waals surface area (Å²) in [5.74, 6) is 0.777. The van der Waals surface area contributed by atoms with Crippen LogP contribution in [0.5, 0.6) is 0 Å². The summed E-state index contributed by atoms with van der Waals surface area (Å²) in [5.41, 5.74) is -0.446. The topological polar surface area (TPSA) is 46.6 Å². The van der Waals surface area contributed by atoms with E-state index in [4.69, 9.17) is 4.74 Å². The van der Waals surface area contributed by atoms with Gasteiger partial charge < -0.3 is 9.64 Å². The summed E-state index contributed by atoms with van der Waals surface area (Å²) < 4.78 is 5.39. The first kappa shape index (κ1) is 15.3. The largest absolute Gasteiger partial charge is 0.444 e. The molecule has 1 atom stereocenters. The van der Waals surface area contributed by atoms with E-state index < -0.39 is 5.60 Å². The van der Waals surface area contributed by atoms with Gasteiger partial charge in [-0.2, -0.15) is 0 Å². The van der Waals surface area contributed by atoms with Gasteiger partial charge in [0.1, 0.15) is 5.60 Å². The van der Waals surface area contributed by atoms with Crippen LogP contribution in [0.4, 0.5) is 4.79 Å². The van der Waals surface area contributed by atoms with Crippen LogP contribution in [0.25, 0.3) is 0 Å². The van der Waals surface area contributed by atoms with Crippen molar-refractivity contribution in [3.05, 3.63) is 0 Å². The average Bonchev–Trinajstić information content (AvgIpc) is 2.62. The molecule has 0 radical (unpaired) electrons. The highest BCUT2D eigenvalue weighted by Crippen LogP contribution is 2.24. The standard InChI is InChI=1S/C13H23NO3S/c1-10(15)18-9-7-11-6-5-8-14(11)12(16)17-13(2,3)4/h11H,5-9H2,1-4H3/t11-/m0/s1. The van der Waals surface area contributed by atoms with Gasteiger partial charge in [0.15, 0.2) is 5.12 Å². The van der Waals surface area contributed by atoms with Gasteiger partial charge in [0.05, 0.1) is 0 Å². The van der Waals surface area contributed by atoms with Crippen LogP contribution in [0, 0.1) is 0 Å². The molecule has 0 spiro atoms. The molecule has 1 fully saturated rings. The Labute approximate surface area is 113 Å². The average molecular weight is 273 g/mol. The number of carbonyl (C=O) groups is 2. The Kier molecular flexibility index (Phi) is 5.50. The van der Waals surface area contributed by atoms with Crippen molar-refractivity contribution in [1.82, 2.24) is 4.90 Å². The molecule has 0 aromatic heterocycles. The third-order valence-electron chi connectivity index (χ3n) is 2.76. The Balaban J connectivity index is 2.43. The maximum Gasteiger partial charge on any atom is 0.410 e. The molecule has 0 N–H and O–H groups in total. The van der Waals surface area contributed by atoms with Crippen molar-refractivity contribution in [2.75, 3.05) is 12.3 Å². The molecular formula is C13H23NO3S. The predicted octanol–water partition coefficient (Wildman–Crippen LogP) is 3.06. The minimum absolute atomic E-state index is 0.136. The van der Waals surface area contributed by atoms with E-state index in [1.165, 1.54) is 11.8 Å². The van der Waals surface area contributed by atoms with Gasteiger partial charge in [0.25, 0.3) is 0 Å². The van der Waals surface area contributed by atoms with E-state index in [2.05, 4.69) is 0 Å². The third-order valence-corrected chi connectivity index (χ3v) is 3.61. The minimum atomic E-state index is -0.446. The zero-order valence-electron chi connectivity index (χ0n) is 11.7. The zero-order chi connectivity index (χ0) is 13.8. The number of thioether (sulfide) groups is 1. The van der Waals surface area contributed by atoms with Crippen LogP contribution in [-0.2, 0) is 9.53 Å². The van der Waals surface area contributed by atoms with Crippen molar-refractivity contribution in [1.29, 1.82) is 0 Å². The first-order valence-electron chi connectivity index (χ1n) is 6.42. The van der Waals surface area contributed by atoms with Crippen LogP contribution < -0.4 is 0 Å². The maximum absolute atomic E-state index is 12.0. The normalized spacial score (nSPS) is 20.0. The van der Waals surface area contributed by atoms with Crippen LogP contribution >= 0.6 is 11.8 Å². The van der Waals surface area contributed by atoms with Gasteiger partial charge in [-0.1, -0.05) is 11.8 Å². The van der Waals surface area contributed by atoms with E-state index in [-0.39, 0.29) is 17.3 Å². The van der Waals surface area contributed by atoms with Crippen LogP contribution in [0.1, 0.15) is 47.0 Å². The van der Waals surface area contributed by atoms with E-state index in [1.807, 2.05) is 25.7 Å². The molecular weight excluding hydrogens is 250 g/mol. The molecule has 1 heterocycles. The number of rotatable bonds is 3. The minimum Gasteiger partial charge on any atom is -0.444 e. The number of carbonyl (C=O) groups excluding carboxylic acids is 2. The molecule has 0 aliphatic carbocycles. The smallest absolute Gasteiger partial charge is 0.410 e. The van der Waals surface area contributed by atoms with Crippen molar-refractivity contribution in [2.45, 2.75) is 58.6 Å². The Morgan fingerprint density at radius 1 is 1.39 bits per heavy atom. The van der Waals surface area contributed by atoms with E-state index in [1.54, 1.807) is 6.92 Å². The van der Waals surface area contributed by atoms with Crippen molar-refractivity contribution in [2.24, 2.45) is 0 Å². The quantitative estimate of drug-likeness (QED) is 0.793. The summed E-state index contributed by atoms with van der Waals surface area (Å²) in [6.07, 6.45) is 2.67. The van der Waals surface area contributed by atoms with Crippen LogP contribution in [0.15, 0.2) is 0 Å². The Morgan fingerprint density at radius 2 is 2.06 bits per heavy atom. The molecule has 0 bridgehead atoms. The van der Waals surface area contributed by atoms with Gasteiger partial charge in [0.2, 0.25) is 0 Å². The highest BCUT2D eigenvalue weighted by molar-refractivity contribution is 8.13. The summed E-state index contributed by atoms with van der Waals surface area (Å²) >= 11 is 1.33. The SMILES string of the molecule is CC(=O)SCC[C@@H]1CCCN1C(=O)OC(C)(C)C. The predicted molar refractivity (Wildman–Crippen MR) is 73.7 cm³/mol. The second-order valence-electron chi connectivity index (χ2n) is 5.60. The number of nitrogens with zero attached hydrogens (tertiary/aromatic N) is 1. The van der Waals surface area contributed by atoms with Gasteiger partial charge in [-0.15, -0.1) is 0 Å². The molecule has 1 rings (SSSR count). The molecule has 1 saturated heterocycles. The molecule has 1 aliphatic rings. The number of hydrogen-bond acceptors (Lipinski definition) is 4. The van der Waals surface area contributed by atoms with Crippen molar-refractivity contribution in [3.63, 3.8) is 0 Å². The molecule has 1 aliphatic heterocycles. The van der Waals surface area contributed by atoms with Gasteiger partial charge in [-0.05, 0) is 40.0 Å². The number of likely N-dealkylation sites (tertiary alicyclic amines) is 1. The summed E-state index contributed by atoms with van der Waals surface area (Å²) in [6, 6.07) is 0.228. The van der Waals surface area contributed by atoms with Gasteiger partial charge in [0, 0.05) is 25.3 Å². The van der Waals surface area contributed by atoms with Crippen molar-refractivity contribution in [3.8, 4) is 0 Å². The molecule has 0 unspecified atom stereocenters. The van der Waals surface area contributed by atoms with Gasteiger partial charge in [-0.25, -0.2) is 4.79 Å².